The number of carbonyl (C=O) groups is 1. The van der Waals surface area contributed by atoms with Crippen molar-refractivity contribution in [3.05, 3.63) is 34.1 Å². The molecule has 0 spiro atoms. The van der Waals surface area contributed by atoms with E-state index in [-0.39, 0.29) is 11.9 Å². The first-order valence-electron chi connectivity index (χ1n) is 5.64. The average molecular weight is 318 g/mol. The van der Waals surface area contributed by atoms with E-state index in [1.807, 2.05) is 0 Å². The summed E-state index contributed by atoms with van der Waals surface area (Å²) in [5.74, 6) is -0.356. The maximum absolute atomic E-state index is 13.4. The van der Waals surface area contributed by atoms with Gasteiger partial charge in [0.1, 0.15) is 11.4 Å². The molecule has 0 heterocycles. The van der Waals surface area contributed by atoms with E-state index in [1.165, 1.54) is 6.07 Å². The zero-order valence-electron chi connectivity index (χ0n) is 10.9. The number of carbonyl (C=O) groups excluding carboxylic acids is 1. The number of rotatable bonds is 2. The number of hydrogen-bond acceptors (Lipinski definition) is 2. The maximum atomic E-state index is 13.4. The van der Waals surface area contributed by atoms with Gasteiger partial charge in [-0.15, -0.1) is 0 Å². The summed E-state index contributed by atoms with van der Waals surface area (Å²) in [5.41, 5.74) is 0.115. The second kappa shape index (κ2) is 5.69. The largest absolute Gasteiger partial charge is 0.444 e. The van der Waals surface area contributed by atoms with Gasteiger partial charge in [-0.25, -0.2) is 9.18 Å². The van der Waals surface area contributed by atoms with Gasteiger partial charge in [0.25, 0.3) is 0 Å². The van der Waals surface area contributed by atoms with Crippen molar-refractivity contribution in [3.63, 3.8) is 0 Å². The zero-order chi connectivity index (χ0) is 13.9. The van der Waals surface area contributed by atoms with Crippen LogP contribution in [-0.2, 0) is 4.74 Å². The highest BCUT2D eigenvalue weighted by Crippen LogP contribution is 2.26. The normalized spacial score (nSPS) is 13.0. The van der Waals surface area contributed by atoms with E-state index in [1.54, 1.807) is 39.8 Å². The fraction of sp³-hybridized carbons (Fsp3) is 0.462. The molecule has 100 valence electrons. The summed E-state index contributed by atoms with van der Waals surface area (Å²) in [4.78, 5) is 11.6. The summed E-state index contributed by atoms with van der Waals surface area (Å²) in [6.45, 7) is 7.13. The lowest BCUT2D eigenvalue weighted by Gasteiger charge is -2.22. The van der Waals surface area contributed by atoms with Crippen molar-refractivity contribution in [2.75, 3.05) is 0 Å². The molecule has 0 aromatic heterocycles. The standard InChI is InChI=1S/C13H17BrFNO2/c1-8(16-12(17)18-13(2,3)4)9-6-5-7-10(15)11(9)14/h5-8H,1-4H3,(H,16,17). The van der Waals surface area contributed by atoms with Crippen molar-refractivity contribution < 1.29 is 13.9 Å². The minimum atomic E-state index is -0.553. The summed E-state index contributed by atoms with van der Waals surface area (Å²) in [7, 11) is 0. The summed E-state index contributed by atoms with van der Waals surface area (Å²) >= 11 is 3.17. The molecule has 0 saturated heterocycles. The van der Waals surface area contributed by atoms with Crippen LogP contribution in [0.3, 0.4) is 0 Å². The highest BCUT2D eigenvalue weighted by atomic mass is 79.9. The molecular formula is C13H17BrFNO2. The lowest BCUT2D eigenvalue weighted by atomic mass is 10.1. The smallest absolute Gasteiger partial charge is 0.408 e. The molecule has 18 heavy (non-hydrogen) atoms. The van der Waals surface area contributed by atoms with Crippen molar-refractivity contribution in [1.29, 1.82) is 0 Å². The minimum absolute atomic E-state index is 0.343. The Morgan fingerprint density at radius 2 is 2.06 bits per heavy atom. The Labute approximate surface area is 115 Å². The van der Waals surface area contributed by atoms with Crippen LogP contribution in [0.4, 0.5) is 9.18 Å². The van der Waals surface area contributed by atoms with Gasteiger partial charge in [0.2, 0.25) is 0 Å². The quantitative estimate of drug-likeness (QED) is 0.888. The molecule has 1 N–H and O–H groups in total. The fourth-order valence-corrected chi connectivity index (χ4v) is 2.02. The van der Waals surface area contributed by atoms with Crippen LogP contribution in [0.25, 0.3) is 0 Å². The lowest BCUT2D eigenvalue weighted by Crippen LogP contribution is -2.34. The van der Waals surface area contributed by atoms with E-state index in [0.717, 1.165) is 0 Å². The van der Waals surface area contributed by atoms with Crippen molar-refractivity contribution in [1.82, 2.24) is 5.32 Å². The molecule has 0 aliphatic rings. The Kier molecular flexibility index (Phi) is 4.73. The van der Waals surface area contributed by atoms with Crippen LogP contribution in [0.5, 0.6) is 0 Å². The van der Waals surface area contributed by atoms with Gasteiger partial charge in [-0.3, -0.25) is 0 Å². The molecule has 0 saturated carbocycles. The van der Waals surface area contributed by atoms with Crippen molar-refractivity contribution in [2.45, 2.75) is 39.3 Å². The summed E-state index contributed by atoms with van der Waals surface area (Å²) in [6.07, 6.45) is -0.522. The van der Waals surface area contributed by atoms with Crippen LogP contribution in [0.1, 0.15) is 39.3 Å². The highest BCUT2D eigenvalue weighted by molar-refractivity contribution is 9.10. The van der Waals surface area contributed by atoms with Gasteiger partial charge in [0.05, 0.1) is 10.5 Å². The molecule has 1 rings (SSSR count). The van der Waals surface area contributed by atoms with Gasteiger partial charge in [0, 0.05) is 0 Å². The first-order valence-corrected chi connectivity index (χ1v) is 6.43. The molecule has 1 atom stereocenters. The first kappa shape index (κ1) is 15.0. The second-order valence-electron chi connectivity index (χ2n) is 5.01. The Morgan fingerprint density at radius 3 is 2.61 bits per heavy atom. The number of amides is 1. The second-order valence-corrected chi connectivity index (χ2v) is 5.80. The Balaban J connectivity index is 2.74. The molecule has 0 aliphatic heterocycles. The monoisotopic (exact) mass is 317 g/mol. The van der Waals surface area contributed by atoms with Crippen molar-refractivity contribution in [2.24, 2.45) is 0 Å². The molecule has 1 amide bonds. The number of halogens is 2. The average Bonchev–Trinajstić information content (AvgIpc) is 2.18. The summed E-state index contributed by atoms with van der Waals surface area (Å²) in [6, 6.07) is 4.36. The van der Waals surface area contributed by atoms with Crippen LogP contribution in [0.15, 0.2) is 22.7 Å². The molecule has 1 aromatic rings. The minimum Gasteiger partial charge on any atom is -0.444 e. The van der Waals surface area contributed by atoms with Gasteiger partial charge >= 0.3 is 6.09 Å². The van der Waals surface area contributed by atoms with Crippen LogP contribution >= 0.6 is 15.9 Å². The molecule has 0 aliphatic carbocycles. The van der Waals surface area contributed by atoms with Gasteiger partial charge in [-0.2, -0.15) is 0 Å². The van der Waals surface area contributed by atoms with Gasteiger partial charge in [0.15, 0.2) is 0 Å². The molecule has 1 unspecified atom stereocenters. The lowest BCUT2D eigenvalue weighted by molar-refractivity contribution is 0.0507. The van der Waals surface area contributed by atoms with E-state index < -0.39 is 11.7 Å². The number of ether oxygens (including phenoxy) is 1. The van der Waals surface area contributed by atoms with Crippen LogP contribution in [0.2, 0.25) is 0 Å². The summed E-state index contributed by atoms with van der Waals surface area (Å²) < 4.78 is 18.9. The van der Waals surface area contributed by atoms with E-state index in [9.17, 15) is 9.18 Å². The maximum Gasteiger partial charge on any atom is 0.408 e. The third-order valence-electron chi connectivity index (χ3n) is 2.18. The zero-order valence-corrected chi connectivity index (χ0v) is 12.5. The van der Waals surface area contributed by atoms with Gasteiger partial charge in [-0.05, 0) is 55.3 Å². The number of nitrogens with one attached hydrogen (secondary N) is 1. The molecule has 0 fully saturated rings. The fourth-order valence-electron chi connectivity index (χ4n) is 1.42. The predicted octanol–water partition coefficient (Wildman–Crippen LogP) is 4.17. The van der Waals surface area contributed by atoms with E-state index in [4.69, 9.17) is 4.74 Å². The van der Waals surface area contributed by atoms with E-state index in [0.29, 0.717) is 10.0 Å². The van der Waals surface area contributed by atoms with Gasteiger partial charge in [-0.1, -0.05) is 12.1 Å². The SMILES string of the molecule is CC(NC(=O)OC(C)(C)C)c1cccc(F)c1Br. The predicted molar refractivity (Wildman–Crippen MR) is 71.9 cm³/mol. The third-order valence-corrected chi connectivity index (χ3v) is 3.02. The molecule has 3 nitrogen and oxygen atoms in total. The summed E-state index contributed by atoms with van der Waals surface area (Å²) in [5, 5.41) is 2.66. The number of benzene rings is 1. The first-order chi connectivity index (χ1) is 8.20. The van der Waals surface area contributed by atoms with Gasteiger partial charge < -0.3 is 10.1 Å². The topological polar surface area (TPSA) is 38.3 Å². The Bertz CT molecular complexity index is 443. The van der Waals surface area contributed by atoms with Crippen LogP contribution in [0, 0.1) is 5.82 Å². The molecular weight excluding hydrogens is 301 g/mol. The number of alkyl carbamates (subject to hydrolysis) is 1. The van der Waals surface area contributed by atoms with Crippen molar-refractivity contribution >= 4 is 22.0 Å². The highest BCUT2D eigenvalue weighted by Gasteiger charge is 2.19. The van der Waals surface area contributed by atoms with Crippen molar-refractivity contribution in [3.8, 4) is 0 Å². The molecule has 5 heteroatoms. The van der Waals surface area contributed by atoms with Crippen LogP contribution in [-0.4, -0.2) is 11.7 Å². The Hall–Kier alpha value is -1.10. The molecule has 1 aromatic carbocycles. The number of hydrogen-bond donors (Lipinski definition) is 1. The Morgan fingerprint density at radius 1 is 1.44 bits per heavy atom. The van der Waals surface area contributed by atoms with Crippen LogP contribution < -0.4 is 5.32 Å². The van der Waals surface area contributed by atoms with E-state index >= 15 is 0 Å². The molecule has 0 bridgehead atoms. The molecule has 0 radical (unpaired) electrons. The third kappa shape index (κ3) is 4.29. The van der Waals surface area contributed by atoms with E-state index in [2.05, 4.69) is 21.2 Å².